The Labute approximate surface area is 211 Å². The van der Waals surface area contributed by atoms with Crippen LogP contribution in [-0.4, -0.2) is 55.0 Å². The third kappa shape index (κ3) is 4.47. The maximum Gasteiger partial charge on any atom is 0.425 e. The van der Waals surface area contributed by atoms with Crippen LogP contribution in [0.1, 0.15) is 42.8 Å². The number of furan rings is 1. The minimum atomic E-state index is -5.29. The van der Waals surface area contributed by atoms with Crippen LogP contribution < -0.4 is 14.8 Å². The molecule has 4 rings (SSSR count). The Morgan fingerprint density at radius 2 is 1.81 bits per heavy atom. The van der Waals surface area contributed by atoms with Crippen LogP contribution in [0.4, 0.5) is 13.2 Å². The van der Waals surface area contributed by atoms with E-state index in [0.29, 0.717) is 17.1 Å². The van der Waals surface area contributed by atoms with Gasteiger partial charge in [-0.2, -0.15) is 13.2 Å². The number of hydrogen-bond donors (Lipinski definition) is 1. The molecule has 198 valence electrons. The van der Waals surface area contributed by atoms with Crippen molar-refractivity contribution in [1.29, 1.82) is 0 Å². The summed E-state index contributed by atoms with van der Waals surface area (Å²) in [5.74, 6) is -3.00. The molecule has 0 saturated heterocycles. The van der Waals surface area contributed by atoms with Crippen LogP contribution in [-0.2, 0) is 16.0 Å². The first-order chi connectivity index (χ1) is 17.3. The summed E-state index contributed by atoms with van der Waals surface area (Å²) in [4.78, 5) is 40.6. The van der Waals surface area contributed by atoms with Crippen molar-refractivity contribution in [2.24, 2.45) is 5.41 Å². The van der Waals surface area contributed by atoms with Gasteiger partial charge in [-0.15, -0.1) is 0 Å². The fourth-order valence-corrected chi connectivity index (χ4v) is 4.98. The van der Waals surface area contributed by atoms with E-state index in [0.717, 1.165) is 11.2 Å². The maximum absolute atomic E-state index is 14.8. The molecule has 1 aliphatic carbocycles. The lowest BCUT2D eigenvalue weighted by Gasteiger charge is -2.35. The van der Waals surface area contributed by atoms with Crippen LogP contribution in [0.5, 0.6) is 11.5 Å². The van der Waals surface area contributed by atoms with Crippen molar-refractivity contribution in [2.75, 3.05) is 20.8 Å². The van der Waals surface area contributed by atoms with Crippen LogP contribution in [0.25, 0.3) is 0 Å². The lowest BCUT2D eigenvalue weighted by atomic mass is 9.72. The van der Waals surface area contributed by atoms with Crippen LogP contribution in [0.3, 0.4) is 0 Å². The minimum Gasteiger partial charge on any atom is -0.493 e. The molecule has 1 aromatic heterocycles. The van der Waals surface area contributed by atoms with E-state index in [1.165, 1.54) is 26.4 Å². The number of methoxy groups -OCH3 is 2. The number of benzene rings is 1. The third-order valence-corrected chi connectivity index (χ3v) is 6.66. The minimum absolute atomic E-state index is 0.0243. The number of nitrogens with one attached hydrogen (secondary N) is 1. The fraction of sp³-hybridized carbons (Fsp3) is 0.423. The van der Waals surface area contributed by atoms with E-state index in [1.54, 1.807) is 32.0 Å². The first-order valence-electron chi connectivity index (χ1n) is 11.6. The van der Waals surface area contributed by atoms with Crippen LogP contribution in [0, 0.1) is 5.41 Å². The van der Waals surface area contributed by atoms with Crippen molar-refractivity contribution in [1.82, 2.24) is 10.2 Å². The molecule has 1 atom stereocenters. The maximum atomic E-state index is 14.8. The monoisotopic (exact) mass is 520 g/mol. The molecule has 8 nitrogen and oxygen atoms in total. The van der Waals surface area contributed by atoms with Gasteiger partial charge in [0.2, 0.25) is 5.54 Å². The first-order valence-corrected chi connectivity index (χ1v) is 11.6. The molecule has 0 radical (unpaired) electrons. The Bertz CT molecular complexity index is 1270. The van der Waals surface area contributed by atoms with Crippen molar-refractivity contribution in [3.8, 4) is 11.5 Å². The van der Waals surface area contributed by atoms with E-state index < -0.39 is 46.1 Å². The Morgan fingerprint density at radius 3 is 2.41 bits per heavy atom. The van der Waals surface area contributed by atoms with Gasteiger partial charge in [0.15, 0.2) is 23.0 Å². The molecule has 2 aromatic rings. The van der Waals surface area contributed by atoms with E-state index in [4.69, 9.17) is 13.9 Å². The van der Waals surface area contributed by atoms with Gasteiger partial charge in [0.05, 0.1) is 26.1 Å². The summed E-state index contributed by atoms with van der Waals surface area (Å²) < 4.78 is 59.9. The molecule has 0 saturated carbocycles. The zero-order valence-corrected chi connectivity index (χ0v) is 20.8. The van der Waals surface area contributed by atoms with E-state index >= 15 is 0 Å². The normalized spacial score (nSPS) is 21.2. The molecule has 0 spiro atoms. The number of ether oxygens (including phenoxy) is 2. The fourth-order valence-electron chi connectivity index (χ4n) is 4.98. The van der Waals surface area contributed by atoms with Crippen LogP contribution >= 0.6 is 0 Å². The topological polar surface area (TPSA) is 98.1 Å². The summed E-state index contributed by atoms with van der Waals surface area (Å²) in [7, 11) is 2.93. The summed E-state index contributed by atoms with van der Waals surface area (Å²) in [5.41, 5.74) is -4.26. The second-order valence-corrected chi connectivity index (χ2v) is 9.84. The Balaban J connectivity index is 1.77. The highest BCUT2D eigenvalue weighted by molar-refractivity contribution is 6.14. The molecule has 2 heterocycles. The summed E-state index contributed by atoms with van der Waals surface area (Å²) in [6.07, 6.45) is -4.14. The van der Waals surface area contributed by atoms with E-state index in [1.807, 2.05) is 5.32 Å². The van der Waals surface area contributed by atoms with Crippen molar-refractivity contribution in [2.45, 2.75) is 44.8 Å². The highest BCUT2D eigenvalue weighted by Crippen LogP contribution is 2.51. The summed E-state index contributed by atoms with van der Waals surface area (Å²) in [5, 5.41) is 1.84. The lowest BCUT2D eigenvalue weighted by molar-refractivity contribution is -0.190. The molecule has 11 heteroatoms. The molecular formula is C26H27F3N2O6. The Morgan fingerprint density at radius 1 is 1.11 bits per heavy atom. The summed E-state index contributed by atoms with van der Waals surface area (Å²) >= 11 is 0. The number of rotatable bonds is 7. The molecule has 0 unspecified atom stereocenters. The number of ketones is 1. The zero-order chi connectivity index (χ0) is 27.2. The van der Waals surface area contributed by atoms with Gasteiger partial charge in [0, 0.05) is 18.7 Å². The molecule has 1 aliphatic heterocycles. The number of halogens is 3. The number of amides is 2. The molecule has 0 fully saturated rings. The van der Waals surface area contributed by atoms with Gasteiger partial charge >= 0.3 is 6.18 Å². The van der Waals surface area contributed by atoms with Crippen molar-refractivity contribution < 1.29 is 41.4 Å². The molecule has 0 bridgehead atoms. The number of alkyl halides is 3. The van der Waals surface area contributed by atoms with E-state index in [9.17, 15) is 27.6 Å². The molecular weight excluding hydrogens is 493 g/mol. The molecule has 1 aromatic carbocycles. The SMILES string of the molecule is COc1ccc(CCN2C(=O)[C@@](NC(=O)c3ccco3)(C(F)(F)F)C3=C2CC(C)(C)CC3=O)cc1OC. The number of allylic oxidation sites excluding steroid dienone is 1. The van der Waals surface area contributed by atoms with Gasteiger partial charge in [-0.05, 0) is 48.1 Å². The van der Waals surface area contributed by atoms with Gasteiger partial charge in [-0.25, -0.2) is 0 Å². The number of nitrogens with zero attached hydrogens (tertiary/aromatic N) is 1. The van der Waals surface area contributed by atoms with Gasteiger partial charge in [-0.3, -0.25) is 14.4 Å². The highest BCUT2D eigenvalue weighted by atomic mass is 19.4. The van der Waals surface area contributed by atoms with Crippen molar-refractivity contribution >= 4 is 17.6 Å². The lowest BCUT2D eigenvalue weighted by Crippen LogP contribution is -2.66. The summed E-state index contributed by atoms with van der Waals surface area (Å²) in [6.45, 7) is 3.35. The van der Waals surface area contributed by atoms with Crippen LogP contribution in [0.2, 0.25) is 0 Å². The smallest absolute Gasteiger partial charge is 0.425 e. The van der Waals surface area contributed by atoms with E-state index in [-0.39, 0.29) is 31.5 Å². The highest BCUT2D eigenvalue weighted by Gasteiger charge is 2.71. The number of hydrogen-bond acceptors (Lipinski definition) is 6. The standard InChI is InChI=1S/C26H27F3N2O6/c1-24(2)13-16-21(17(32)14-24)25(26(27,28)29,30-22(33)19-6-5-11-37-19)23(34)31(16)10-9-15-7-8-18(35-3)20(12-15)36-4/h5-8,11-12H,9-10,13-14H2,1-4H3,(H,30,33)/t25-/m1/s1. The van der Waals surface area contributed by atoms with Crippen molar-refractivity contribution in [3.63, 3.8) is 0 Å². The second kappa shape index (κ2) is 9.28. The average Bonchev–Trinajstić information content (AvgIpc) is 3.43. The quantitative estimate of drug-likeness (QED) is 0.592. The average molecular weight is 521 g/mol. The molecule has 2 aliphatic rings. The van der Waals surface area contributed by atoms with Crippen LogP contribution in [0.15, 0.2) is 52.3 Å². The Hall–Kier alpha value is -3.76. The summed E-state index contributed by atoms with van der Waals surface area (Å²) in [6, 6.07) is 7.54. The van der Waals surface area contributed by atoms with E-state index in [2.05, 4.69) is 0 Å². The zero-order valence-electron chi connectivity index (χ0n) is 20.8. The number of Topliss-reactive ketones (excluding diaryl/α,β-unsaturated/α-hetero) is 1. The molecule has 37 heavy (non-hydrogen) atoms. The van der Waals surface area contributed by atoms with Crippen molar-refractivity contribution in [3.05, 3.63) is 59.2 Å². The number of carbonyl (C=O) groups excluding carboxylic acids is 3. The molecule has 1 N–H and O–H groups in total. The molecule has 2 amide bonds. The first kappa shape index (κ1) is 26.3. The second-order valence-electron chi connectivity index (χ2n) is 9.84. The largest absolute Gasteiger partial charge is 0.493 e. The third-order valence-electron chi connectivity index (χ3n) is 6.66. The predicted molar refractivity (Wildman–Crippen MR) is 125 cm³/mol. The predicted octanol–water partition coefficient (Wildman–Crippen LogP) is 4.06. The van der Waals surface area contributed by atoms with Gasteiger partial charge in [-0.1, -0.05) is 19.9 Å². The van der Waals surface area contributed by atoms with Gasteiger partial charge < -0.3 is 24.1 Å². The Kier molecular flexibility index (Phi) is 6.60. The number of carbonyl (C=O) groups is 3. The van der Waals surface area contributed by atoms with Gasteiger partial charge in [0.1, 0.15) is 0 Å². The van der Waals surface area contributed by atoms with Gasteiger partial charge in [0.25, 0.3) is 11.8 Å².